The molecule has 0 fully saturated rings. The Balaban J connectivity index is 1.70. The van der Waals surface area contributed by atoms with Gasteiger partial charge in [-0.05, 0) is 23.3 Å². The summed E-state index contributed by atoms with van der Waals surface area (Å²) in [7, 11) is 1.60. The van der Waals surface area contributed by atoms with Gasteiger partial charge in [0.2, 0.25) is 0 Å². The predicted octanol–water partition coefficient (Wildman–Crippen LogP) is 3.35. The van der Waals surface area contributed by atoms with Crippen molar-refractivity contribution in [2.75, 3.05) is 7.11 Å². The first kappa shape index (κ1) is 19.3. The van der Waals surface area contributed by atoms with Gasteiger partial charge < -0.3 is 4.74 Å². The van der Waals surface area contributed by atoms with Gasteiger partial charge in [-0.3, -0.25) is 9.36 Å². The highest BCUT2D eigenvalue weighted by Crippen LogP contribution is 2.29. The lowest BCUT2D eigenvalue weighted by Crippen LogP contribution is -2.23. The van der Waals surface area contributed by atoms with Gasteiger partial charge in [0.1, 0.15) is 6.33 Å². The number of fused-ring (bicyclic) bond motifs is 3. The van der Waals surface area contributed by atoms with Crippen LogP contribution in [-0.2, 0) is 17.9 Å². The van der Waals surface area contributed by atoms with Crippen LogP contribution in [0.15, 0.2) is 65.7 Å². The molecule has 0 radical (unpaired) electrons. The van der Waals surface area contributed by atoms with Crippen LogP contribution in [0.4, 0.5) is 0 Å². The summed E-state index contributed by atoms with van der Waals surface area (Å²) in [6, 6.07) is 17.1. The molecule has 0 aliphatic heterocycles. The lowest BCUT2D eigenvalue weighted by molar-refractivity contribution is 0.181. The fraction of sp³-hybridized carbons (Fsp3) is 0.136. The molecule has 0 bridgehead atoms. The Morgan fingerprint density at radius 2 is 1.77 bits per heavy atom. The number of nitrogens with zero attached hydrogens (tertiary/aromatic N) is 6. The molecule has 0 atom stereocenters. The number of methoxy groups -OCH3 is 1. The van der Waals surface area contributed by atoms with Crippen molar-refractivity contribution in [2.45, 2.75) is 13.2 Å². The second-order valence-electron chi connectivity index (χ2n) is 7.03. The summed E-state index contributed by atoms with van der Waals surface area (Å²) in [6.45, 7) is 0.667. The van der Waals surface area contributed by atoms with Crippen molar-refractivity contribution in [3.63, 3.8) is 0 Å². The van der Waals surface area contributed by atoms with Gasteiger partial charge in [0.15, 0.2) is 16.8 Å². The molecular weight excluding hydrogens is 416 g/mol. The van der Waals surface area contributed by atoms with Gasteiger partial charge in [0.05, 0.1) is 24.4 Å². The van der Waals surface area contributed by atoms with Crippen LogP contribution in [0, 0.1) is 0 Å². The van der Waals surface area contributed by atoms with E-state index in [0.29, 0.717) is 28.6 Å². The standard InChI is InChI=1S/C22H17ClN6O2/c1-31-12-17-18(15-7-9-16(23)10-8-15)20-26-25-19-21(29(20)27-17)24-13-28(22(19)30)11-14-5-3-2-4-6-14/h2-10,13H,11-12H2,1H3. The Morgan fingerprint density at radius 3 is 2.52 bits per heavy atom. The lowest BCUT2D eigenvalue weighted by atomic mass is 10.1. The van der Waals surface area contributed by atoms with Gasteiger partial charge in [0, 0.05) is 12.1 Å². The monoisotopic (exact) mass is 432 g/mol. The van der Waals surface area contributed by atoms with Gasteiger partial charge in [-0.25, -0.2) is 4.98 Å². The summed E-state index contributed by atoms with van der Waals surface area (Å²) < 4.78 is 8.39. The van der Waals surface area contributed by atoms with Crippen LogP contribution in [0.25, 0.3) is 27.9 Å². The highest BCUT2D eigenvalue weighted by Gasteiger charge is 2.20. The number of hydrogen-bond donors (Lipinski definition) is 0. The Morgan fingerprint density at radius 1 is 1.00 bits per heavy atom. The van der Waals surface area contributed by atoms with E-state index in [1.54, 1.807) is 23.8 Å². The van der Waals surface area contributed by atoms with Crippen molar-refractivity contribution >= 4 is 28.4 Å². The van der Waals surface area contributed by atoms with E-state index in [1.807, 2.05) is 42.5 Å². The highest BCUT2D eigenvalue weighted by molar-refractivity contribution is 6.30. The largest absolute Gasteiger partial charge is 0.378 e. The van der Waals surface area contributed by atoms with E-state index in [-0.39, 0.29) is 17.7 Å². The van der Waals surface area contributed by atoms with E-state index >= 15 is 0 Å². The maximum Gasteiger partial charge on any atom is 0.283 e. The highest BCUT2D eigenvalue weighted by atomic mass is 35.5. The lowest BCUT2D eigenvalue weighted by Gasteiger charge is -2.07. The van der Waals surface area contributed by atoms with Gasteiger partial charge in [-0.15, -0.1) is 10.2 Å². The molecule has 0 aliphatic carbocycles. The van der Waals surface area contributed by atoms with Gasteiger partial charge >= 0.3 is 0 Å². The third-order valence-electron chi connectivity index (χ3n) is 4.98. The molecule has 0 spiro atoms. The minimum absolute atomic E-state index is 0.153. The molecule has 0 saturated carbocycles. The quantitative estimate of drug-likeness (QED) is 0.423. The van der Waals surface area contributed by atoms with Crippen LogP contribution in [0.1, 0.15) is 11.3 Å². The number of aromatic nitrogens is 6. The topological polar surface area (TPSA) is 87.2 Å². The molecule has 0 saturated heterocycles. The Hall–Kier alpha value is -3.62. The van der Waals surface area contributed by atoms with Gasteiger partial charge in [-0.2, -0.15) is 9.61 Å². The third-order valence-corrected chi connectivity index (χ3v) is 5.24. The minimum atomic E-state index is -0.278. The smallest absolute Gasteiger partial charge is 0.283 e. The molecule has 3 aromatic heterocycles. The van der Waals surface area contributed by atoms with Crippen LogP contribution < -0.4 is 5.56 Å². The summed E-state index contributed by atoms with van der Waals surface area (Å²) in [6.07, 6.45) is 1.51. The molecular formula is C22H17ClN6O2. The maximum atomic E-state index is 13.0. The molecule has 9 heteroatoms. The molecule has 0 aliphatic rings. The Bertz CT molecular complexity index is 1440. The fourth-order valence-electron chi connectivity index (χ4n) is 3.55. The van der Waals surface area contributed by atoms with Crippen molar-refractivity contribution in [2.24, 2.45) is 0 Å². The van der Waals surface area contributed by atoms with Crippen LogP contribution >= 0.6 is 11.6 Å². The molecule has 5 aromatic rings. The second-order valence-corrected chi connectivity index (χ2v) is 7.47. The molecule has 8 nitrogen and oxygen atoms in total. The van der Waals surface area contributed by atoms with Crippen LogP contribution in [0.5, 0.6) is 0 Å². The molecule has 154 valence electrons. The number of hydrogen-bond acceptors (Lipinski definition) is 6. The fourth-order valence-corrected chi connectivity index (χ4v) is 3.67. The molecule has 3 heterocycles. The molecule has 0 N–H and O–H groups in total. The van der Waals surface area contributed by atoms with Crippen molar-refractivity contribution in [1.82, 2.24) is 29.4 Å². The maximum absolute atomic E-state index is 13.0. The zero-order chi connectivity index (χ0) is 21.4. The van der Waals surface area contributed by atoms with E-state index in [0.717, 1.165) is 16.7 Å². The molecule has 5 rings (SSSR count). The molecule has 31 heavy (non-hydrogen) atoms. The van der Waals surface area contributed by atoms with Crippen LogP contribution in [-0.4, -0.2) is 36.5 Å². The molecule has 2 aromatic carbocycles. The van der Waals surface area contributed by atoms with E-state index in [9.17, 15) is 4.79 Å². The van der Waals surface area contributed by atoms with Crippen molar-refractivity contribution in [3.05, 3.63) is 87.6 Å². The molecule has 0 unspecified atom stereocenters. The van der Waals surface area contributed by atoms with Gasteiger partial charge in [0.25, 0.3) is 5.56 Å². The van der Waals surface area contributed by atoms with Crippen molar-refractivity contribution in [3.8, 4) is 11.1 Å². The van der Waals surface area contributed by atoms with Gasteiger partial charge in [-0.1, -0.05) is 54.1 Å². The number of rotatable bonds is 5. The summed E-state index contributed by atoms with van der Waals surface area (Å²) in [5.41, 5.74) is 4.01. The second kappa shape index (κ2) is 7.90. The average Bonchev–Trinajstić information content (AvgIpc) is 3.15. The van der Waals surface area contributed by atoms with E-state index in [1.165, 1.54) is 10.9 Å². The zero-order valence-electron chi connectivity index (χ0n) is 16.6. The molecule has 0 amide bonds. The van der Waals surface area contributed by atoms with Crippen molar-refractivity contribution in [1.29, 1.82) is 0 Å². The third kappa shape index (κ3) is 3.45. The summed E-state index contributed by atoms with van der Waals surface area (Å²) in [5, 5.41) is 13.8. The van der Waals surface area contributed by atoms with Crippen LogP contribution in [0.2, 0.25) is 5.02 Å². The van der Waals surface area contributed by atoms with Crippen molar-refractivity contribution < 1.29 is 4.74 Å². The van der Waals surface area contributed by atoms with E-state index in [2.05, 4.69) is 20.3 Å². The first-order valence-electron chi connectivity index (χ1n) is 9.58. The minimum Gasteiger partial charge on any atom is -0.378 e. The first-order chi connectivity index (χ1) is 15.2. The van der Waals surface area contributed by atoms with E-state index < -0.39 is 0 Å². The SMILES string of the molecule is COCc1nn2c(nnc3c(=O)n(Cc4ccccc4)cnc32)c1-c1ccc(Cl)cc1. The summed E-state index contributed by atoms with van der Waals surface area (Å²) in [4.78, 5) is 17.5. The summed E-state index contributed by atoms with van der Waals surface area (Å²) >= 11 is 6.04. The number of halogens is 1. The van der Waals surface area contributed by atoms with Crippen LogP contribution in [0.3, 0.4) is 0 Å². The number of ether oxygens (including phenoxy) is 1. The normalized spacial score (nSPS) is 11.4. The zero-order valence-corrected chi connectivity index (χ0v) is 17.3. The Labute approximate surface area is 181 Å². The predicted molar refractivity (Wildman–Crippen MR) is 117 cm³/mol. The average molecular weight is 433 g/mol. The Kier molecular flexibility index (Phi) is 4.93. The number of benzene rings is 2. The first-order valence-corrected chi connectivity index (χ1v) is 9.96. The summed E-state index contributed by atoms with van der Waals surface area (Å²) in [5.74, 6) is 0. The van der Waals surface area contributed by atoms with E-state index in [4.69, 9.17) is 16.3 Å².